The van der Waals surface area contributed by atoms with Crippen LogP contribution in [0.15, 0.2) is 52.4 Å². The molecule has 3 fully saturated rings. The molecule has 3 aliphatic rings. The van der Waals surface area contributed by atoms with Crippen LogP contribution in [0.5, 0.6) is 0 Å². The highest BCUT2D eigenvalue weighted by Gasteiger charge is 2.55. The second-order valence-corrected chi connectivity index (χ2v) is 12.1. The lowest BCUT2D eigenvalue weighted by Crippen LogP contribution is -2.58. The normalized spacial score (nSPS) is 23.3. The molecule has 5 rings (SSSR count). The van der Waals surface area contributed by atoms with Gasteiger partial charge in [-0.05, 0) is 49.9 Å². The zero-order valence-electron chi connectivity index (χ0n) is 20.8. The van der Waals surface area contributed by atoms with Crippen LogP contribution in [-0.2, 0) is 20.8 Å². The number of amidine groups is 1. The van der Waals surface area contributed by atoms with E-state index in [4.69, 9.17) is 4.99 Å². The number of hydrogen-bond donors (Lipinski definition) is 1. The quantitative estimate of drug-likeness (QED) is 0.379. The summed E-state index contributed by atoms with van der Waals surface area (Å²) in [4.78, 5) is 18.8. The van der Waals surface area contributed by atoms with Gasteiger partial charge in [-0.3, -0.25) is 15.2 Å². The van der Waals surface area contributed by atoms with E-state index in [1.807, 2.05) is 0 Å². The second-order valence-electron chi connectivity index (χ2n) is 10.1. The molecule has 2 aromatic carbocycles. The van der Waals surface area contributed by atoms with Gasteiger partial charge in [-0.1, -0.05) is 29.5 Å². The van der Waals surface area contributed by atoms with Crippen molar-refractivity contribution in [2.24, 2.45) is 4.99 Å². The summed E-state index contributed by atoms with van der Waals surface area (Å²) in [5, 5.41) is 2.76. The van der Waals surface area contributed by atoms with Crippen LogP contribution in [0.25, 0.3) is 0 Å². The number of sulfonamides is 1. The van der Waals surface area contributed by atoms with Crippen molar-refractivity contribution < 1.29 is 35.5 Å². The number of rotatable bonds is 4. The molecule has 0 bridgehead atoms. The fraction of sp³-hybridized carbons (Fsp3) is 0.462. The van der Waals surface area contributed by atoms with Crippen LogP contribution in [0.2, 0.25) is 0 Å². The Kier molecular flexibility index (Phi) is 7.27. The summed E-state index contributed by atoms with van der Waals surface area (Å²) in [7, 11) is -4.30. The standard InChI is InChI=1S/C26H27F5N4O3S/c27-18-14-19(28)16-21(15-18)35-24(36)33-23(32-20-6-2-1-3-7-20)25(35)9-11-34(12-10-25)39(37,38)22-8-4-5-17(13-22)26(29,30)31/h4-5,8,13-16,20H,1-3,6-7,9-12H2,(H-,32,33,36,37,38). The first-order chi connectivity index (χ1) is 18.4. The van der Waals surface area contributed by atoms with E-state index in [1.54, 1.807) is 0 Å². The maximum absolute atomic E-state index is 14.2. The number of halogens is 5. The lowest BCUT2D eigenvalue weighted by atomic mass is 9.85. The van der Waals surface area contributed by atoms with E-state index in [9.17, 15) is 35.5 Å². The van der Waals surface area contributed by atoms with E-state index in [0.29, 0.717) is 18.0 Å². The SMILES string of the molecule is O=C1NC(=NC2CCCCC2)C2(CCN([S+](=O)([O-])c3cccc(C(F)(F)F)c3)CC2)N1c1cc(F)cc(F)c1. The van der Waals surface area contributed by atoms with Gasteiger partial charge < -0.3 is 4.55 Å². The molecule has 2 aromatic rings. The Labute approximate surface area is 223 Å². The molecule has 2 aliphatic heterocycles. The highest BCUT2D eigenvalue weighted by molar-refractivity contribution is 7.95. The predicted molar refractivity (Wildman–Crippen MR) is 134 cm³/mol. The van der Waals surface area contributed by atoms with Crippen LogP contribution >= 0.6 is 0 Å². The van der Waals surface area contributed by atoms with Gasteiger partial charge >= 0.3 is 12.2 Å². The van der Waals surface area contributed by atoms with Crippen molar-refractivity contribution in [1.29, 1.82) is 0 Å². The number of nitrogens with zero attached hydrogens (tertiary/aromatic N) is 3. The van der Waals surface area contributed by atoms with Gasteiger partial charge in [0.05, 0.1) is 17.3 Å². The van der Waals surface area contributed by atoms with Gasteiger partial charge in [0, 0.05) is 25.2 Å². The molecule has 2 amide bonds. The molecule has 0 radical (unpaired) electrons. The lowest BCUT2D eigenvalue weighted by Gasteiger charge is -2.43. The van der Waals surface area contributed by atoms with E-state index in [-0.39, 0.29) is 37.7 Å². The second kappa shape index (κ2) is 10.3. The molecule has 39 heavy (non-hydrogen) atoms. The lowest BCUT2D eigenvalue weighted by molar-refractivity contribution is -0.137. The topological polar surface area (TPSA) is 88.1 Å². The van der Waals surface area contributed by atoms with Crippen molar-refractivity contribution in [2.45, 2.75) is 67.6 Å². The maximum Gasteiger partial charge on any atom is 0.416 e. The zero-order chi connectivity index (χ0) is 28.0. The van der Waals surface area contributed by atoms with Gasteiger partial charge in [0.25, 0.3) is 0 Å². The molecule has 210 valence electrons. The van der Waals surface area contributed by atoms with Crippen molar-refractivity contribution in [3.05, 3.63) is 59.7 Å². The molecule has 1 aliphatic carbocycles. The fourth-order valence-electron chi connectivity index (χ4n) is 5.69. The molecular formula is C26H27F5N4O3S. The number of carbonyl (C=O) groups is 1. The molecular weight excluding hydrogens is 543 g/mol. The minimum absolute atomic E-state index is 0.0214. The van der Waals surface area contributed by atoms with Crippen LogP contribution in [0.4, 0.5) is 32.4 Å². The van der Waals surface area contributed by atoms with E-state index in [2.05, 4.69) is 5.32 Å². The van der Waals surface area contributed by atoms with Gasteiger partial charge in [0.1, 0.15) is 23.0 Å². The van der Waals surface area contributed by atoms with Gasteiger partial charge in [-0.2, -0.15) is 13.2 Å². The number of urea groups is 1. The van der Waals surface area contributed by atoms with Crippen LogP contribution in [0.1, 0.15) is 50.5 Å². The summed E-state index contributed by atoms with van der Waals surface area (Å²) in [5.41, 5.74) is -2.31. The van der Waals surface area contributed by atoms with Crippen molar-refractivity contribution in [1.82, 2.24) is 9.62 Å². The smallest absolute Gasteiger partial charge is 0.416 e. The van der Waals surface area contributed by atoms with E-state index >= 15 is 0 Å². The van der Waals surface area contributed by atoms with Gasteiger partial charge in [0.2, 0.25) is 0 Å². The number of benzene rings is 2. The fourth-order valence-corrected chi connectivity index (χ4v) is 7.18. The molecule has 2 heterocycles. The van der Waals surface area contributed by atoms with Gasteiger partial charge in [-0.25, -0.2) is 13.6 Å². The number of hydrogen-bond acceptors (Lipinski definition) is 4. The van der Waals surface area contributed by atoms with E-state index < -0.39 is 50.2 Å². The first kappa shape index (κ1) is 27.7. The van der Waals surface area contributed by atoms with Crippen molar-refractivity contribution in [2.75, 3.05) is 18.0 Å². The number of nitrogens with one attached hydrogen (secondary N) is 1. The monoisotopic (exact) mass is 570 g/mol. The van der Waals surface area contributed by atoms with Crippen LogP contribution < -0.4 is 10.2 Å². The number of piperidine rings is 1. The highest BCUT2D eigenvalue weighted by Crippen LogP contribution is 2.41. The highest BCUT2D eigenvalue weighted by atomic mass is 32.3. The number of alkyl halides is 3. The van der Waals surface area contributed by atoms with Crippen molar-refractivity contribution >= 4 is 28.0 Å². The number of aliphatic imine (C=N–C) groups is 1. The molecule has 0 aromatic heterocycles. The summed E-state index contributed by atoms with van der Waals surface area (Å²) in [6.45, 7) is -0.295. The molecule has 13 heteroatoms. The molecule has 1 atom stereocenters. The minimum atomic E-state index is -4.71. The van der Waals surface area contributed by atoms with E-state index in [0.717, 1.165) is 66.7 Å². The molecule has 1 spiro atoms. The minimum Gasteiger partial charge on any atom is -0.593 e. The number of anilines is 1. The van der Waals surface area contributed by atoms with Gasteiger partial charge in [-0.15, -0.1) is 4.31 Å². The average molecular weight is 571 g/mol. The summed E-state index contributed by atoms with van der Waals surface area (Å²) < 4.78 is 95.6. The number of carbonyl (C=O) groups excluding carboxylic acids is 1. The van der Waals surface area contributed by atoms with Crippen molar-refractivity contribution in [3.8, 4) is 0 Å². The van der Waals surface area contributed by atoms with Crippen molar-refractivity contribution in [3.63, 3.8) is 0 Å². The number of amides is 2. The summed E-state index contributed by atoms with van der Waals surface area (Å²) in [6.07, 6.45) is 0.00433. The van der Waals surface area contributed by atoms with Crippen LogP contribution in [0.3, 0.4) is 0 Å². The summed E-state index contributed by atoms with van der Waals surface area (Å²) >= 11 is 0. The Bertz CT molecular complexity index is 1320. The Hall–Kier alpha value is -2.90. The summed E-state index contributed by atoms with van der Waals surface area (Å²) in [6, 6.07) is 5.58. The Balaban J connectivity index is 1.48. The first-order valence-corrected chi connectivity index (χ1v) is 14.2. The maximum atomic E-state index is 14.2. The third-order valence-electron chi connectivity index (χ3n) is 7.64. The van der Waals surface area contributed by atoms with E-state index in [1.165, 1.54) is 4.90 Å². The third kappa shape index (κ3) is 5.31. The summed E-state index contributed by atoms with van der Waals surface area (Å²) in [5.74, 6) is -1.44. The van der Waals surface area contributed by atoms with Crippen LogP contribution in [-0.4, -0.2) is 45.4 Å². The largest absolute Gasteiger partial charge is 0.593 e. The zero-order valence-corrected chi connectivity index (χ0v) is 21.7. The predicted octanol–water partition coefficient (Wildman–Crippen LogP) is 5.68. The molecule has 1 unspecified atom stereocenters. The molecule has 7 nitrogen and oxygen atoms in total. The Morgan fingerprint density at radius 1 is 1.00 bits per heavy atom. The molecule has 1 saturated carbocycles. The van der Waals surface area contributed by atoms with Crippen LogP contribution in [0, 0.1) is 11.6 Å². The Morgan fingerprint density at radius 2 is 1.64 bits per heavy atom. The third-order valence-corrected chi connectivity index (χ3v) is 9.53. The molecule has 2 saturated heterocycles. The first-order valence-electron chi connectivity index (χ1n) is 12.7. The average Bonchev–Trinajstić information content (AvgIpc) is 3.13. The molecule has 1 N–H and O–H groups in total. The van der Waals surface area contributed by atoms with Gasteiger partial charge in [0.15, 0.2) is 15.3 Å². The Morgan fingerprint density at radius 3 is 2.26 bits per heavy atom.